The van der Waals surface area contributed by atoms with Gasteiger partial charge in [0.2, 0.25) is 0 Å². The van der Waals surface area contributed by atoms with E-state index in [2.05, 4.69) is 6.92 Å². The van der Waals surface area contributed by atoms with Crippen LogP contribution in [-0.4, -0.2) is 25.3 Å². The number of hydrogen-bond donors (Lipinski definition) is 0. The Hall–Kier alpha value is -1.89. The summed E-state index contributed by atoms with van der Waals surface area (Å²) < 4.78 is 68.8. The molecule has 2 saturated carbocycles. The zero-order valence-electron chi connectivity index (χ0n) is 20.6. The van der Waals surface area contributed by atoms with E-state index in [9.17, 15) is 13.6 Å². The average molecular weight is 497 g/mol. The Bertz CT molecular complexity index is 930. The lowest BCUT2D eigenvalue weighted by Gasteiger charge is -2.31. The molecule has 3 aliphatic rings. The van der Waals surface area contributed by atoms with Crippen LogP contribution in [0, 0.1) is 23.5 Å². The van der Waals surface area contributed by atoms with E-state index in [-0.39, 0.29) is 24.7 Å². The molecule has 0 N–H and O–H groups in total. The number of methoxy groups -OCH3 is 1. The molecule has 35 heavy (non-hydrogen) atoms. The van der Waals surface area contributed by atoms with E-state index in [0.717, 1.165) is 32.1 Å². The molecule has 194 valence electrons. The van der Waals surface area contributed by atoms with Gasteiger partial charge in [0.15, 0.2) is 17.5 Å². The van der Waals surface area contributed by atoms with Crippen molar-refractivity contribution in [3.63, 3.8) is 0 Å². The van der Waals surface area contributed by atoms with Gasteiger partial charge >= 0.3 is 5.97 Å². The summed E-state index contributed by atoms with van der Waals surface area (Å²) in [6.07, 6.45) is 6.04. The Balaban J connectivity index is 1.34. The smallest absolute Gasteiger partial charge is 0.316 e. The molecule has 0 aromatic heterocycles. The fraction of sp³-hybridized carbons (Fsp3) is 0.679. The summed E-state index contributed by atoms with van der Waals surface area (Å²) in [5.41, 5.74) is 0.876. The zero-order valence-corrected chi connectivity index (χ0v) is 20.6. The summed E-state index contributed by atoms with van der Waals surface area (Å²) in [6.45, 7) is 2.18. The van der Waals surface area contributed by atoms with Crippen molar-refractivity contribution in [1.82, 2.24) is 0 Å². The Kier molecular flexibility index (Phi) is 8.56. The number of carbonyl (C=O) groups is 1. The molecule has 2 atom stereocenters. The summed E-state index contributed by atoms with van der Waals surface area (Å²) in [6, 6.07) is 3.49. The predicted octanol–water partition coefficient (Wildman–Crippen LogP) is 7.79. The van der Waals surface area contributed by atoms with Crippen LogP contribution in [0.4, 0.5) is 17.6 Å². The molecule has 1 aromatic rings. The summed E-state index contributed by atoms with van der Waals surface area (Å²) in [5, 5.41) is 0. The van der Waals surface area contributed by atoms with Crippen LogP contribution < -0.4 is 0 Å². The molecule has 1 aromatic carbocycles. The van der Waals surface area contributed by atoms with Crippen molar-refractivity contribution in [1.29, 1.82) is 0 Å². The van der Waals surface area contributed by atoms with Crippen molar-refractivity contribution in [2.75, 3.05) is 7.11 Å². The van der Waals surface area contributed by atoms with Gasteiger partial charge in [0.25, 0.3) is 0 Å². The van der Waals surface area contributed by atoms with Gasteiger partial charge in [-0.1, -0.05) is 25.5 Å². The van der Waals surface area contributed by atoms with Crippen LogP contribution in [0.15, 0.2) is 23.8 Å². The van der Waals surface area contributed by atoms with Gasteiger partial charge in [-0.15, -0.1) is 0 Å². The molecule has 0 radical (unpaired) electrons. The van der Waals surface area contributed by atoms with E-state index in [1.165, 1.54) is 7.11 Å². The van der Waals surface area contributed by atoms with E-state index in [0.29, 0.717) is 42.7 Å². The fourth-order valence-corrected chi connectivity index (χ4v) is 6.16. The molecule has 3 aliphatic carbocycles. The van der Waals surface area contributed by atoms with Crippen LogP contribution in [0.3, 0.4) is 0 Å². The molecule has 0 bridgehead atoms. The van der Waals surface area contributed by atoms with E-state index < -0.39 is 47.4 Å². The molecule has 2 unspecified atom stereocenters. The first-order valence-electron chi connectivity index (χ1n) is 13.1. The number of halogens is 4. The highest BCUT2D eigenvalue weighted by Crippen LogP contribution is 2.42. The average Bonchev–Trinajstić information content (AvgIpc) is 2.88. The van der Waals surface area contributed by atoms with Gasteiger partial charge in [-0.05, 0) is 93.1 Å². The Morgan fingerprint density at radius 1 is 0.800 bits per heavy atom. The van der Waals surface area contributed by atoms with E-state index >= 15 is 8.78 Å². The minimum Gasteiger partial charge on any atom is -0.462 e. The zero-order chi connectivity index (χ0) is 25.1. The molecule has 0 amide bonds. The van der Waals surface area contributed by atoms with Gasteiger partial charge in [0.05, 0.1) is 0 Å². The van der Waals surface area contributed by atoms with Gasteiger partial charge in [-0.25, -0.2) is 17.6 Å². The molecule has 0 saturated heterocycles. The number of ether oxygens (including phenoxy) is 2. The fourth-order valence-electron chi connectivity index (χ4n) is 6.16. The third-order valence-electron chi connectivity index (χ3n) is 8.51. The van der Waals surface area contributed by atoms with Crippen LogP contribution in [0.2, 0.25) is 0 Å². The highest BCUT2D eigenvalue weighted by Gasteiger charge is 2.38. The molecule has 2 fully saturated rings. The maximum absolute atomic E-state index is 15.1. The first kappa shape index (κ1) is 26.2. The second-order valence-corrected chi connectivity index (χ2v) is 10.5. The van der Waals surface area contributed by atoms with Crippen LogP contribution in [-0.2, 0) is 14.3 Å². The number of carbonyl (C=O) groups excluding carboxylic acids is 1. The number of benzene rings is 1. The Morgan fingerprint density at radius 3 is 1.86 bits per heavy atom. The van der Waals surface area contributed by atoms with Crippen molar-refractivity contribution in [2.45, 2.75) is 102 Å². The summed E-state index contributed by atoms with van der Waals surface area (Å²) >= 11 is 0. The third-order valence-corrected chi connectivity index (χ3v) is 8.51. The summed E-state index contributed by atoms with van der Waals surface area (Å²) in [4.78, 5) is 12.5. The molecule has 3 nitrogen and oxygen atoms in total. The number of rotatable bonds is 6. The highest BCUT2D eigenvalue weighted by atomic mass is 19.2. The van der Waals surface area contributed by atoms with Crippen LogP contribution in [0.1, 0.15) is 101 Å². The van der Waals surface area contributed by atoms with Crippen LogP contribution in [0.5, 0.6) is 0 Å². The second kappa shape index (κ2) is 11.4. The standard InChI is InChI=1S/C28H36F4O3/c1-3-16-4-6-17(7-5-16)20-12-13-21(25(30)24(20)29)18-8-10-19(11-9-18)35-28(33)22-14-15-23(34-2)27(32)26(22)31/h12-13,16-19,22-23H,3-11,14-15H2,1-2H3. The van der Waals surface area contributed by atoms with Gasteiger partial charge in [-0.3, -0.25) is 4.79 Å². The summed E-state index contributed by atoms with van der Waals surface area (Å²) in [5.74, 6) is -5.02. The van der Waals surface area contributed by atoms with E-state index in [4.69, 9.17) is 9.47 Å². The Morgan fingerprint density at radius 2 is 1.34 bits per heavy atom. The lowest BCUT2D eigenvalue weighted by molar-refractivity contribution is -0.155. The molecule has 0 spiro atoms. The van der Waals surface area contributed by atoms with Gasteiger partial charge in [-0.2, -0.15) is 0 Å². The highest BCUT2D eigenvalue weighted by molar-refractivity contribution is 5.76. The largest absolute Gasteiger partial charge is 0.462 e. The normalized spacial score (nSPS) is 31.9. The molecule has 4 rings (SSSR count). The minimum atomic E-state index is -1.24. The first-order valence-corrected chi connectivity index (χ1v) is 13.1. The molecule has 0 aliphatic heterocycles. The maximum Gasteiger partial charge on any atom is 0.316 e. The molecule has 0 heterocycles. The van der Waals surface area contributed by atoms with Crippen molar-refractivity contribution in [2.24, 2.45) is 11.8 Å². The van der Waals surface area contributed by atoms with Crippen LogP contribution in [0.25, 0.3) is 0 Å². The number of hydrogen-bond acceptors (Lipinski definition) is 3. The number of esters is 1. The van der Waals surface area contributed by atoms with Crippen molar-refractivity contribution < 1.29 is 31.8 Å². The second-order valence-electron chi connectivity index (χ2n) is 10.5. The van der Waals surface area contributed by atoms with E-state index in [1.807, 2.05) is 0 Å². The van der Waals surface area contributed by atoms with Gasteiger partial charge in [0.1, 0.15) is 24.0 Å². The minimum absolute atomic E-state index is 0.0785. The van der Waals surface area contributed by atoms with E-state index in [1.54, 1.807) is 12.1 Å². The quantitative estimate of drug-likeness (QED) is 0.298. The van der Waals surface area contributed by atoms with Gasteiger partial charge < -0.3 is 9.47 Å². The lowest BCUT2D eigenvalue weighted by atomic mass is 9.76. The first-order chi connectivity index (χ1) is 16.8. The maximum atomic E-state index is 15.1. The predicted molar refractivity (Wildman–Crippen MR) is 125 cm³/mol. The third kappa shape index (κ3) is 5.60. The monoisotopic (exact) mass is 496 g/mol. The molecule has 7 heteroatoms. The van der Waals surface area contributed by atoms with Crippen molar-refractivity contribution in [3.05, 3.63) is 46.5 Å². The van der Waals surface area contributed by atoms with Crippen molar-refractivity contribution >= 4 is 5.97 Å². The van der Waals surface area contributed by atoms with Crippen LogP contribution >= 0.6 is 0 Å². The molecular formula is C28H36F4O3. The molecular weight excluding hydrogens is 460 g/mol. The lowest BCUT2D eigenvalue weighted by Crippen LogP contribution is -2.32. The summed E-state index contributed by atoms with van der Waals surface area (Å²) in [7, 11) is 1.30. The van der Waals surface area contributed by atoms with Crippen molar-refractivity contribution in [3.8, 4) is 0 Å². The topological polar surface area (TPSA) is 35.5 Å². The SMILES string of the molecule is CCC1CCC(c2ccc(C3CCC(OC(=O)C4CCC(OC)C(F)=C4F)CC3)c(F)c2F)CC1. The Labute approximate surface area is 205 Å². The van der Waals surface area contributed by atoms with Gasteiger partial charge in [0, 0.05) is 7.11 Å².